The molecule has 0 aliphatic heterocycles. The number of methoxy groups -OCH3 is 1. The molecule has 1 amide bonds. The van der Waals surface area contributed by atoms with Crippen LogP contribution in [0.25, 0.3) is 11.2 Å². The molecule has 0 aliphatic carbocycles. The van der Waals surface area contributed by atoms with Crippen LogP contribution in [0.15, 0.2) is 64.4 Å². The maximum atomic E-state index is 13.2. The van der Waals surface area contributed by atoms with Crippen LogP contribution >= 0.6 is 11.6 Å². The fourth-order valence-electron chi connectivity index (χ4n) is 3.27. The van der Waals surface area contributed by atoms with Crippen LogP contribution in [-0.2, 0) is 17.9 Å². The lowest BCUT2D eigenvalue weighted by Crippen LogP contribution is -2.42. The molecule has 4 rings (SSSR count). The highest BCUT2D eigenvalue weighted by Crippen LogP contribution is 2.27. The lowest BCUT2D eigenvalue weighted by molar-refractivity contribution is -0.116. The molecule has 2 aromatic carbocycles. The molecule has 11 heteroatoms. The first-order valence-electron chi connectivity index (χ1n) is 9.69. The van der Waals surface area contributed by atoms with E-state index >= 15 is 0 Å². The predicted octanol–water partition coefficient (Wildman–Crippen LogP) is 2.44. The van der Waals surface area contributed by atoms with Gasteiger partial charge in [0.15, 0.2) is 11.2 Å². The monoisotopic (exact) mass is 469 g/mol. The van der Waals surface area contributed by atoms with Gasteiger partial charge in [0.05, 0.1) is 18.7 Å². The minimum Gasteiger partial charge on any atom is -0.495 e. The molecule has 33 heavy (non-hydrogen) atoms. The molecule has 0 saturated heterocycles. The molecule has 0 spiro atoms. The van der Waals surface area contributed by atoms with Gasteiger partial charge in [0.2, 0.25) is 5.91 Å². The zero-order valence-corrected chi connectivity index (χ0v) is 18.0. The van der Waals surface area contributed by atoms with Crippen molar-refractivity contribution in [3.63, 3.8) is 0 Å². The van der Waals surface area contributed by atoms with Gasteiger partial charge in [-0.25, -0.2) is 19.2 Å². The minimum atomic E-state index is -0.750. The van der Waals surface area contributed by atoms with E-state index in [0.29, 0.717) is 22.0 Å². The standard InChI is InChI=1S/C22H17ClFN5O4/c1-33-17-7-6-15(10-16(17)23)27-18(30)12-28-20-19(25-8-9-26-20)21(31)29(22(28)32)11-13-2-4-14(24)5-3-13/h2-10H,11-12H2,1H3,(H,27,30). The summed E-state index contributed by atoms with van der Waals surface area (Å²) in [4.78, 5) is 46.9. The van der Waals surface area contributed by atoms with Gasteiger partial charge in [0, 0.05) is 18.1 Å². The summed E-state index contributed by atoms with van der Waals surface area (Å²) >= 11 is 6.09. The number of nitrogens with zero attached hydrogens (tertiary/aromatic N) is 4. The first-order valence-corrected chi connectivity index (χ1v) is 10.1. The van der Waals surface area contributed by atoms with Crippen LogP contribution in [0.4, 0.5) is 10.1 Å². The fourth-order valence-corrected chi connectivity index (χ4v) is 3.53. The Kier molecular flexibility index (Phi) is 6.18. The predicted molar refractivity (Wildman–Crippen MR) is 120 cm³/mol. The summed E-state index contributed by atoms with van der Waals surface area (Å²) in [6.45, 7) is -0.554. The Morgan fingerprint density at radius 1 is 1.09 bits per heavy atom. The van der Waals surface area contributed by atoms with Gasteiger partial charge in [0.25, 0.3) is 5.56 Å². The van der Waals surface area contributed by atoms with Crippen LogP contribution in [0.3, 0.4) is 0 Å². The zero-order valence-electron chi connectivity index (χ0n) is 17.3. The summed E-state index contributed by atoms with van der Waals surface area (Å²) < 4.78 is 20.3. The van der Waals surface area contributed by atoms with Crippen LogP contribution < -0.4 is 21.3 Å². The Labute approximate surface area is 191 Å². The molecule has 2 aromatic heterocycles. The molecule has 0 atom stereocenters. The van der Waals surface area contributed by atoms with E-state index in [1.165, 1.54) is 49.8 Å². The van der Waals surface area contributed by atoms with Crippen LogP contribution in [0.2, 0.25) is 5.02 Å². The molecule has 0 fully saturated rings. The molecular weight excluding hydrogens is 453 g/mol. The van der Waals surface area contributed by atoms with Crippen LogP contribution in [0, 0.1) is 5.82 Å². The highest BCUT2D eigenvalue weighted by atomic mass is 35.5. The molecule has 0 radical (unpaired) electrons. The van der Waals surface area contributed by atoms with E-state index in [2.05, 4.69) is 15.3 Å². The van der Waals surface area contributed by atoms with E-state index in [9.17, 15) is 18.8 Å². The maximum Gasteiger partial charge on any atom is 0.333 e. The quantitative estimate of drug-likeness (QED) is 0.464. The Morgan fingerprint density at radius 3 is 2.52 bits per heavy atom. The topological polar surface area (TPSA) is 108 Å². The smallest absolute Gasteiger partial charge is 0.333 e. The number of carbonyl (C=O) groups excluding carboxylic acids is 1. The second-order valence-electron chi connectivity index (χ2n) is 7.01. The minimum absolute atomic E-state index is 0.0224. The van der Waals surface area contributed by atoms with Crippen molar-refractivity contribution < 1.29 is 13.9 Å². The van der Waals surface area contributed by atoms with Gasteiger partial charge in [-0.1, -0.05) is 23.7 Å². The third-order valence-corrected chi connectivity index (χ3v) is 5.13. The molecule has 2 heterocycles. The number of hydrogen-bond acceptors (Lipinski definition) is 6. The van der Waals surface area contributed by atoms with Crippen LogP contribution in [0.1, 0.15) is 5.56 Å². The first-order chi connectivity index (χ1) is 15.9. The molecule has 0 bridgehead atoms. The molecule has 0 unspecified atom stereocenters. The molecular formula is C22H17ClFN5O4. The van der Waals surface area contributed by atoms with Crippen molar-refractivity contribution in [3.05, 3.63) is 92.1 Å². The van der Waals surface area contributed by atoms with Gasteiger partial charge < -0.3 is 10.1 Å². The maximum absolute atomic E-state index is 13.2. The molecule has 1 N–H and O–H groups in total. The fraction of sp³-hybridized carbons (Fsp3) is 0.136. The Morgan fingerprint density at radius 2 is 1.82 bits per heavy atom. The number of halogens is 2. The first kappa shape index (κ1) is 22.2. The number of nitrogens with one attached hydrogen (secondary N) is 1. The average Bonchev–Trinajstić information content (AvgIpc) is 2.81. The zero-order chi connectivity index (χ0) is 23.5. The summed E-state index contributed by atoms with van der Waals surface area (Å²) in [7, 11) is 1.47. The van der Waals surface area contributed by atoms with Gasteiger partial charge in [0.1, 0.15) is 18.1 Å². The average molecular weight is 470 g/mol. The van der Waals surface area contributed by atoms with Gasteiger partial charge in [-0.2, -0.15) is 0 Å². The Bertz CT molecular complexity index is 1470. The molecule has 0 aliphatic rings. The van der Waals surface area contributed by atoms with Crippen molar-refractivity contribution in [2.24, 2.45) is 0 Å². The number of rotatable bonds is 6. The molecule has 0 saturated carbocycles. The van der Waals surface area contributed by atoms with Crippen molar-refractivity contribution in [1.82, 2.24) is 19.1 Å². The second-order valence-corrected chi connectivity index (χ2v) is 7.42. The SMILES string of the molecule is COc1ccc(NC(=O)Cn2c(=O)n(Cc3ccc(F)cc3)c(=O)c3nccnc32)cc1Cl. The Hall–Kier alpha value is -4.05. The van der Waals surface area contributed by atoms with E-state index in [4.69, 9.17) is 16.3 Å². The van der Waals surface area contributed by atoms with Gasteiger partial charge in [-0.15, -0.1) is 0 Å². The number of anilines is 1. The van der Waals surface area contributed by atoms with Gasteiger partial charge >= 0.3 is 5.69 Å². The largest absolute Gasteiger partial charge is 0.495 e. The number of aromatic nitrogens is 4. The lowest BCUT2D eigenvalue weighted by atomic mass is 10.2. The normalized spacial score (nSPS) is 10.9. The van der Waals surface area contributed by atoms with Crippen LogP contribution in [-0.4, -0.2) is 32.1 Å². The number of hydrogen-bond donors (Lipinski definition) is 1. The summed E-state index contributed by atoms with van der Waals surface area (Å²) in [5.41, 5.74) is -0.576. The lowest BCUT2D eigenvalue weighted by Gasteiger charge is -2.13. The number of fused-ring (bicyclic) bond motifs is 1. The third kappa shape index (κ3) is 4.60. The number of amides is 1. The summed E-state index contributed by atoms with van der Waals surface area (Å²) in [5, 5.41) is 2.95. The summed E-state index contributed by atoms with van der Waals surface area (Å²) in [5.74, 6) is -0.541. The highest BCUT2D eigenvalue weighted by Gasteiger charge is 2.18. The molecule has 4 aromatic rings. The highest BCUT2D eigenvalue weighted by molar-refractivity contribution is 6.32. The second kappa shape index (κ2) is 9.21. The van der Waals surface area contributed by atoms with Gasteiger partial charge in [-0.05, 0) is 35.9 Å². The van der Waals surface area contributed by atoms with Crippen molar-refractivity contribution >= 4 is 34.4 Å². The van der Waals surface area contributed by atoms with Crippen LogP contribution in [0.5, 0.6) is 5.75 Å². The Balaban J connectivity index is 1.71. The van der Waals surface area contributed by atoms with E-state index in [1.807, 2.05) is 0 Å². The van der Waals surface area contributed by atoms with Crippen molar-refractivity contribution in [2.45, 2.75) is 13.1 Å². The number of ether oxygens (including phenoxy) is 1. The van der Waals surface area contributed by atoms with Crippen molar-refractivity contribution in [1.29, 1.82) is 0 Å². The third-order valence-electron chi connectivity index (χ3n) is 4.84. The summed E-state index contributed by atoms with van der Waals surface area (Å²) in [6, 6.07) is 10.1. The molecule has 9 nitrogen and oxygen atoms in total. The summed E-state index contributed by atoms with van der Waals surface area (Å²) in [6.07, 6.45) is 2.64. The van der Waals surface area contributed by atoms with Crippen molar-refractivity contribution in [3.8, 4) is 5.75 Å². The van der Waals surface area contributed by atoms with E-state index in [-0.39, 0.29) is 17.7 Å². The van der Waals surface area contributed by atoms with E-state index in [1.54, 1.807) is 12.1 Å². The van der Waals surface area contributed by atoms with E-state index in [0.717, 1.165) is 9.13 Å². The van der Waals surface area contributed by atoms with Gasteiger partial charge in [-0.3, -0.25) is 18.7 Å². The number of benzene rings is 2. The van der Waals surface area contributed by atoms with E-state index < -0.39 is 29.5 Å². The number of carbonyl (C=O) groups is 1. The van der Waals surface area contributed by atoms with Crippen molar-refractivity contribution in [2.75, 3.05) is 12.4 Å². The molecule has 168 valence electrons.